The van der Waals surface area contributed by atoms with Gasteiger partial charge in [-0.2, -0.15) is 5.10 Å². The van der Waals surface area contributed by atoms with Crippen LogP contribution in [0, 0.1) is 0 Å². The van der Waals surface area contributed by atoms with Crippen LogP contribution in [0.5, 0.6) is 17.2 Å². The molecule has 1 saturated carbocycles. The normalized spacial score (nSPS) is 14.6. The average molecular weight is 522 g/mol. The lowest BCUT2D eigenvalue weighted by molar-refractivity contribution is -0.274. The lowest BCUT2D eigenvalue weighted by Gasteiger charge is -2.25. The summed E-state index contributed by atoms with van der Waals surface area (Å²) in [7, 11) is 0. The summed E-state index contributed by atoms with van der Waals surface area (Å²) in [6.07, 6.45) is 4.29. The van der Waals surface area contributed by atoms with E-state index in [1.54, 1.807) is 18.3 Å². The standard InChI is InChI=1S/C26H22F3N7O2/c27-26(28,29)38-20-11-5-10-19(13-20)37-18-9-4-8-17(12-18)21-14-30-25-22(24-32-34-35-33-24)15-31-36(25)23(21)16-6-2-1-3-7-16/h4-5,8-16H,1-3,6-7H2,(H,32,33,34,35). The van der Waals surface area contributed by atoms with Gasteiger partial charge in [0.25, 0.3) is 0 Å². The predicted octanol–water partition coefficient (Wildman–Crippen LogP) is 6.32. The Kier molecular flexibility index (Phi) is 6.14. The third-order valence-corrected chi connectivity index (χ3v) is 6.58. The van der Waals surface area contributed by atoms with E-state index < -0.39 is 6.36 Å². The van der Waals surface area contributed by atoms with Gasteiger partial charge in [-0.15, -0.1) is 18.3 Å². The summed E-state index contributed by atoms with van der Waals surface area (Å²) in [5.74, 6) is 1.11. The molecule has 194 valence electrons. The Morgan fingerprint density at radius 2 is 1.66 bits per heavy atom. The van der Waals surface area contributed by atoms with Crippen LogP contribution in [0.2, 0.25) is 0 Å². The minimum atomic E-state index is -4.78. The van der Waals surface area contributed by atoms with Gasteiger partial charge >= 0.3 is 6.36 Å². The lowest BCUT2D eigenvalue weighted by Crippen LogP contribution is -2.17. The number of alkyl halides is 3. The Hall–Kier alpha value is -4.48. The number of halogens is 3. The molecule has 1 N–H and O–H groups in total. The maximum atomic E-state index is 12.6. The molecular weight excluding hydrogens is 499 g/mol. The average Bonchev–Trinajstić information content (AvgIpc) is 3.58. The zero-order chi connectivity index (χ0) is 26.1. The van der Waals surface area contributed by atoms with Crippen LogP contribution in [0.1, 0.15) is 43.7 Å². The Bertz CT molecular complexity index is 1560. The van der Waals surface area contributed by atoms with Crippen molar-refractivity contribution < 1.29 is 22.6 Å². The number of aromatic nitrogens is 7. The molecule has 0 saturated heterocycles. The van der Waals surface area contributed by atoms with Crippen LogP contribution in [0.15, 0.2) is 60.9 Å². The highest BCUT2D eigenvalue weighted by molar-refractivity contribution is 5.75. The smallest absolute Gasteiger partial charge is 0.457 e. The number of fused-ring (bicyclic) bond motifs is 1. The molecule has 0 bridgehead atoms. The molecule has 0 radical (unpaired) electrons. The zero-order valence-electron chi connectivity index (χ0n) is 20.0. The molecule has 2 aromatic carbocycles. The highest BCUT2D eigenvalue weighted by Crippen LogP contribution is 2.40. The van der Waals surface area contributed by atoms with Gasteiger partial charge in [0.15, 0.2) is 11.5 Å². The first-order valence-electron chi connectivity index (χ1n) is 12.2. The fourth-order valence-corrected chi connectivity index (χ4v) is 4.98. The van der Waals surface area contributed by atoms with Gasteiger partial charge in [-0.05, 0) is 53.1 Å². The number of hydrogen-bond acceptors (Lipinski definition) is 7. The molecule has 9 nitrogen and oxygen atoms in total. The van der Waals surface area contributed by atoms with Gasteiger partial charge < -0.3 is 9.47 Å². The topological polar surface area (TPSA) is 103 Å². The van der Waals surface area contributed by atoms with Crippen molar-refractivity contribution in [3.05, 3.63) is 66.6 Å². The quantitative estimate of drug-likeness (QED) is 0.279. The molecule has 3 aromatic heterocycles. The van der Waals surface area contributed by atoms with Gasteiger partial charge in [-0.25, -0.2) is 14.6 Å². The lowest BCUT2D eigenvalue weighted by atomic mass is 9.84. The summed E-state index contributed by atoms with van der Waals surface area (Å²) >= 11 is 0. The van der Waals surface area contributed by atoms with Crippen LogP contribution in [-0.4, -0.2) is 41.6 Å². The Labute approximate surface area is 214 Å². The van der Waals surface area contributed by atoms with E-state index in [1.165, 1.54) is 24.6 Å². The second-order valence-electron chi connectivity index (χ2n) is 9.09. The van der Waals surface area contributed by atoms with Crippen LogP contribution in [0.4, 0.5) is 13.2 Å². The molecule has 12 heteroatoms. The number of benzene rings is 2. The van der Waals surface area contributed by atoms with Gasteiger partial charge in [0, 0.05) is 23.7 Å². The molecule has 0 spiro atoms. The minimum Gasteiger partial charge on any atom is -0.457 e. The van der Waals surface area contributed by atoms with E-state index in [9.17, 15) is 13.2 Å². The number of aromatic amines is 1. The van der Waals surface area contributed by atoms with E-state index in [-0.39, 0.29) is 17.4 Å². The summed E-state index contributed by atoms with van der Waals surface area (Å²) in [6.45, 7) is 0. The van der Waals surface area contributed by atoms with E-state index in [2.05, 4.69) is 30.5 Å². The van der Waals surface area contributed by atoms with Gasteiger partial charge in [-0.3, -0.25) is 0 Å². The first-order valence-corrected chi connectivity index (χ1v) is 12.2. The third kappa shape index (κ3) is 4.89. The van der Waals surface area contributed by atoms with E-state index in [0.717, 1.165) is 42.5 Å². The second-order valence-corrected chi connectivity index (χ2v) is 9.09. The van der Waals surface area contributed by atoms with Crippen LogP contribution >= 0.6 is 0 Å². The van der Waals surface area contributed by atoms with Crippen molar-refractivity contribution in [1.29, 1.82) is 0 Å². The fourth-order valence-electron chi connectivity index (χ4n) is 4.98. The molecule has 0 amide bonds. The van der Waals surface area contributed by atoms with Crippen molar-refractivity contribution in [2.24, 2.45) is 0 Å². The van der Waals surface area contributed by atoms with Crippen molar-refractivity contribution in [1.82, 2.24) is 35.2 Å². The van der Waals surface area contributed by atoms with Crippen molar-refractivity contribution in [2.45, 2.75) is 44.4 Å². The van der Waals surface area contributed by atoms with Gasteiger partial charge in [0.2, 0.25) is 0 Å². The number of H-pyrrole nitrogens is 1. The molecule has 0 aliphatic heterocycles. The molecule has 38 heavy (non-hydrogen) atoms. The maximum Gasteiger partial charge on any atom is 0.573 e. The van der Waals surface area contributed by atoms with Crippen molar-refractivity contribution in [3.63, 3.8) is 0 Å². The highest BCUT2D eigenvalue weighted by Gasteiger charge is 2.31. The van der Waals surface area contributed by atoms with Crippen LogP contribution in [0.25, 0.3) is 28.2 Å². The molecule has 6 rings (SSSR count). The molecule has 1 aliphatic rings. The molecule has 0 unspecified atom stereocenters. The number of nitrogens with zero attached hydrogens (tertiary/aromatic N) is 6. The number of tetrazole rings is 1. The summed E-state index contributed by atoms with van der Waals surface area (Å²) in [6, 6.07) is 12.8. The van der Waals surface area contributed by atoms with Crippen LogP contribution < -0.4 is 9.47 Å². The number of hydrogen-bond donors (Lipinski definition) is 1. The largest absolute Gasteiger partial charge is 0.573 e. The highest BCUT2D eigenvalue weighted by atomic mass is 19.4. The SMILES string of the molecule is FC(F)(F)Oc1cccc(Oc2cccc(-c3cnc4c(-c5nnn[nH]5)cnn4c3C3CCCCC3)c2)c1. The first-order chi connectivity index (χ1) is 18.4. The Balaban J connectivity index is 1.39. The number of rotatable bonds is 6. The van der Waals surface area contributed by atoms with Gasteiger partial charge in [0.05, 0.1) is 17.5 Å². The monoisotopic (exact) mass is 521 g/mol. The molecule has 3 heterocycles. The molecule has 1 aliphatic carbocycles. The first kappa shape index (κ1) is 23.9. The van der Waals surface area contributed by atoms with E-state index in [1.807, 2.05) is 28.9 Å². The second kappa shape index (κ2) is 9.77. The number of ether oxygens (including phenoxy) is 2. The Morgan fingerprint density at radius 1 is 0.895 bits per heavy atom. The fraction of sp³-hybridized carbons (Fsp3) is 0.269. The maximum absolute atomic E-state index is 12.6. The van der Waals surface area contributed by atoms with E-state index >= 15 is 0 Å². The minimum absolute atomic E-state index is 0.224. The Morgan fingerprint density at radius 3 is 2.42 bits per heavy atom. The summed E-state index contributed by atoms with van der Waals surface area (Å²) in [5, 5.41) is 18.8. The van der Waals surface area contributed by atoms with Crippen molar-refractivity contribution in [3.8, 4) is 39.8 Å². The van der Waals surface area contributed by atoms with Crippen molar-refractivity contribution >= 4 is 5.65 Å². The molecule has 0 atom stereocenters. The molecular formula is C26H22F3N7O2. The summed E-state index contributed by atoms with van der Waals surface area (Å²) in [5.41, 5.74) is 4.18. The van der Waals surface area contributed by atoms with Crippen molar-refractivity contribution in [2.75, 3.05) is 0 Å². The molecule has 1 fully saturated rings. The third-order valence-electron chi connectivity index (χ3n) is 6.58. The number of nitrogens with one attached hydrogen (secondary N) is 1. The van der Waals surface area contributed by atoms with Gasteiger partial charge in [-0.1, -0.05) is 37.5 Å². The van der Waals surface area contributed by atoms with E-state index in [4.69, 9.17) is 9.72 Å². The summed E-state index contributed by atoms with van der Waals surface area (Å²) in [4.78, 5) is 4.71. The predicted molar refractivity (Wildman–Crippen MR) is 131 cm³/mol. The van der Waals surface area contributed by atoms with E-state index in [0.29, 0.717) is 22.8 Å². The van der Waals surface area contributed by atoms with Crippen LogP contribution in [0.3, 0.4) is 0 Å². The van der Waals surface area contributed by atoms with Gasteiger partial charge in [0.1, 0.15) is 17.2 Å². The van der Waals surface area contributed by atoms with Crippen LogP contribution in [-0.2, 0) is 0 Å². The molecule has 5 aromatic rings. The zero-order valence-corrected chi connectivity index (χ0v) is 20.0. The summed E-state index contributed by atoms with van der Waals surface area (Å²) < 4.78 is 49.7.